The van der Waals surface area contributed by atoms with E-state index < -0.39 is 0 Å². The highest BCUT2D eigenvalue weighted by atomic mass is 32.1. The van der Waals surface area contributed by atoms with Crippen LogP contribution >= 0.6 is 11.3 Å². The molecule has 210 valence electrons. The molecule has 0 saturated heterocycles. The van der Waals surface area contributed by atoms with E-state index in [1.807, 2.05) is 69.4 Å². The second-order valence-electron chi connectivity index (χ2n) is 9.39. The summed E-state index contributed by atoms with van der Waals surface area (Å²) in [6.45, 7) is 14.1. The fourth-order valence-electron chi connectivity index (χ4n) is 4.66. The number of H-pyrrole nitrogens is 2. The van der Waals surface area contributed by atoms with Gasteiger partial charge < -0.3 is 10.3 Å². The van der Waals surface area contributed by atoms with E-state index >= 15 is 0 Å². The Labute approximate surface area is 249 Å². The molecule has 5 aromatic heterocycles. The van der Waals surface area contributed by atoms with Gasteiger partial charge in [-0.3, -0.25) is 15.1 Å². The lowest BCUT2D eigenvalue weighted by atomic mass is 10.1. The minimum atomic E-state index is 0.688. The lowest BCUT2D eigenvalue weighted by Gasteiger charge is -2.11. The van der Waals surface area contributed by atoms with E-state index in [2.05, 4.69) is 67.2 Å². The second kappa shape index (κ2) is 13.1. The van der Waals surface area contributed by atoms with Crippen molar-refractivity contribution in [2.75, 3.05) is 5.32 Å². The SMILES string of the molecule is C=C/C=C(/c1cccs1)c1nc(-c2n[nH]c3cnc(-c4cncc(NC(=C)Cc5ccccc5)c4)cc23)[nH]c1C.CC. The van der Waals surface area contributed by atoms with Gasteiger partial charge in [-0.15, -0.1) is 11.3 Å². The quantitative estimate of drug-likeness (QED) is 0.151. The molecule has 0 aliphatic rings. The van der Waals surface area contributed by atoms with Gasteiger partial charge in [-0.2, -0.15) is 5.10 Å². The monoisotopic (exact) mass is 571 g/mol. The van der Waals surface area contributed by atoms with Crippen molar-refractivity contribution in [3.05, 3.63) is 131 Å². The fourth-order valence-corrected chi connectivity index (χ4v) is 5.41. The number of hydrogen-bond donors (Lipinski definition) is 3. The number of allylic oxidation sites excluding steroid dienone is 3. The van der Waals surface area contributed by atoms with Crippen LogP contribution in [0, 0.1) is 6.92 Å². The molecule has 0 aliphatic heterocycles. The summed E-state index contributed by atoms with van der Waals surface area (Å²) in [5.41, 5.74) is 9.03. The van der Waals surface area contributed by atoms with Crippen LogP contribution in [0.3, 0.4) is 0 Å². The summed E-state index contributed by atoms with van der Waals surface area (Å²) in [5.74, 6) is 0.688. The number of rotatable bonds is 9. The number of nitrogens with zero attached hydrogens (tertiary/aromatic N) is 4. The van der Waals surface area contributed by atoms with Gasteiger partial charge in [-0.05, 0) is 36.1 Å². The molecule has 0 unspecified atom stereocenters. The van der Waals surface area contributed by atoms with E-state index in [0.717, 1.165) is 67.5 Å². The standard InChI is InChI=1S/C32H27N7S.C2H6/c1-4-9-25(29-12-8-13-40-29)30-21(3)36-32(37-30)31-26-16-27(34-19-28(26)38-39-31)23-15-24(18-33-17-23)35-20(2)14-22-10-6-5-7-11-22;1-2/h4-13,15-19,35H,1-2,14H2,3H3,(H,36,37)(H,38,39);1-2H3/b25-9-;. The van der Waals surface area contributed by atoms with Gasteiger partial charge in [-0.25, -0.2) is 4.98 Å². The van der Waals surface area contributed by atoms with Gasteiger partial charge in [-0.1, -0.05) is 75.6 Å². The number of aryl methyl sites for hydroxylation is 1. The number of aromatic nitrogens is 6. The first kappa shape index (κ1) is 28.4. The van der Waals surface area contributed by atoms with Gasteiger partial charge >= 0.3 is 0 Å². The highest BCUT2D eigenvalue weighted by molar-refractivity contribution is 7.11. The van der Waals surface area contributed by atoms with Gasteiger partial charge in [0, 0.05) is 45.4 Å². The van der Waals surface area contributed by atoms with Gasteiger partial charge in [0.05, 0.1) is 35.0 Å². The molecule has 0 saturated carbocycles. The minimum Gasteiger partial charge on any atom is -0.358 e. The lowest BCUT2D eigenvalue weighted by Crippen LogP contribution is -2.02. The molecule has 7 nitrogen and oxygen atoms in total. The molecule has 6 aromatic rings. The molecular formula is C34H33N7S. The Morgan fingerprint density at radius 2 is 1.88 bits per heavy atom. The molecule has 8 heteroatoms. The lowest BCUT2D eigenvalue weighted by molar-refractivity contribution is 1.10. The zero-order valence-electron chi connectivity index (χ0n) is 24.0. The number of thiophene rings is 1. The summed E-state index contributed by atoms with van der Waals surface area (Å²) < 4.78 is 0. The van der Waals surface area contributed by atoms with Crippen LogP contribution < -0.4 is 5.32 Å². The van der Waals surface area contributed by atoms with E-state index in [-0.39, 0.29) is 0 Å². The van der Waals surface area contributed by atoms with Crippen LogP contribution in [-0.2, 0) is 6.42 Å². The Balaban J connectivity index is 0.00000173. The van der Waals surface area contributed by atoms with Crippen LogP contribution in [0.1, 0.15) is 35.7 Å². The summed E-state index contributed by atoms with van der Waals surface area (Å²) in [5, 5.41) is 14.0. The maximum Gasteiger partial charge on any atom is 0.159 e. The maximum atomic E-state index is 4.96. The average Bonchev–Trinajstić information content (AvgIpc) is 3.78. The van der Waals surface area contributed by atoms with Crippen LogP contribution in [-0.4, -0.2) is 30.1 Å². The first-order valence-electron chi connectivity index (χ1n) is 13.8. The summed E-state index contributed by atoms with van der Waals surface area (Å²) in [4.78, 5) is 18.6. The number of aromatic amines is 2. The van der Waals surface area contributed by atoms with Gasteiger partial charge in [0.25, 0.3) is 0 Å². The van der Waals surface area contributed by atoms with Crippen molar-refractivity contribution in [1.82, 2.24) is 30.1 Å². The normalized spacial score (nSPS) is 11.2. The molecule has 0 spiro atoms. The Morgan fingerprint density at radius 1 is 1.05 bits per heavy atom. The topological polar surface area (TPSA) is 95.2 Å². The summed E-state index contributed by atoms with van der Waals surface area (Å²) in [6.07, 6.45) is 9.90. The van der Waals surface area contributed by atoms with Crippen LogP contribution in [0.15, 0.2) is 110 Å². The Kier molecular flexibility index (Phi) is 8.84. The first-order valence-corrected chi connectivity index (χ1v) is 14.7. The number of pyridine rings is 2. The summed E-state index contributed by atoms with van der Waals surface area (Å²) in [7, 11) is 0. The summed E-state index contributed by atoms with van der Waals surface area (Å²) >= 11 is 1.67. The zero-order chi connectivity index (χ0) is 29.5. The predicted molar refractivity (Wildman–Crippen MR) is 175 cm³/mol. The van der Waals surface area contributed by atoms with Crippen molar-refractivity contribution in [3.8, 4) is 22.8 Å². The van der Waals surface area contributed by atoms with Crippen molar-refractivity contribution in [3.63, 3.8) is 0 Å². The van der Waals surface area contributed by atoms with Crippen molar-refractivity contribution in [2.45, 2.75) is 27.2 Å². The van der Waals surface area contributed by atoms with Gasteiger partial charge in [0.15, 0.2) is 5.82 Å². The van der Waals surface area contributed by atoms with E-state index in [9.17, 15) is 0 Å². The zero-order valence-corrected chi connectivity index (χ0v) is 24.8. The van der Waals surface area contributed by atoms with E-state index in [0.29, 0.717) is 5.82 Å². The number of imidazole rings is 1. The number of hydrogen-bond acceptors (Lipinski definition) is 6. The number of nitrogens with one attached hydrogen (secondary N) is 3. The molecule has 0 atom stereocenters. The van der Waals surface area contributed by atoms with Crippen molar-refractivity contribution in [2.24, 2.45) is 0 Å². The average molecular weight is 572 g/mol. The molecule has 1 aromatic carbocycles. The molecule has 3 N–H and O–H groups in total. The maximum absolute atomic E-state index is 4.96. The number of benzene rings is 1. The van der Waals surface area contributed by atoms with E-state index in [1.165, 1.54) is 5.56 Å². The molecule has 5 heterocycles. The first-order chi connectivity index (χ1) is 20.6. The molecule has 0 radical (unpaired) electrons. The molecule has 0 bridgehead atoms. The number of fused-ring (bicyclic) bond motifs is 1. The highest BCUT2D eigenvalue weighted by Crippen LogP contribution is 2.33. The minimum absolute atomic E-state index is 0.688. The van der Waals surface area contributed by atoms with Crippen molar-refractivity contribution in [1.29, 1.82) is 0 Å². The third-order valence-electron chi connectivity index (χ3n) is 6.50. The molecule has 0 fully saturated rings. The van der Waals surface area contributed by atoms with Crippen LogP contribution in [0.2, 0.25) is 0 Å². The molecular weight excluding hydrogens is 538 g/mol. The third-order valence-corrected chi connectivity index (χ3v) is 7.40. The van der Waals surface area contributed by atoms with Gasteiger partial charge in [0.2, 0.25) is 0 Å². The smallest absolute Gasteiger partial charge is 0.159 e. The molecule has 0 aliphatic carbocycles. The molecule has 42 heavy (non-hydrogen) atoms. The van der Waals surface area contributed by atoms with Crippen molar-refractivity contribution >= 4 is 33.5 Å². The predicted octanol–water partition coefficient (Wildman–Crippen LogP) is 8.59. The molecule has 0 amide bonds. The Bertz CT molecular complexity index is 1840. The largest absolute Gasteiger partial charge is 0.358 e. The van der Waals surface area contributed by atoms with Crippen LogP contribution in [0.4, 0.5) is 5.69 Å². The van der Waals surface area contributed by atoms with Crippen LogP contribution in [0.5, 0.6) is 0 Å². The second-order valence-corrected chi connectivity index (χ2v) is 10.3. The van der Waals surface area contributed by atoms with E-state index in [4.69, 9.17) is 4.98 Å². The van der Waals surface area contributed by atoms with E-state index in [1.54, 1.807) is 29.8 Å². The Hall–Kier alpha value is -5.08. The number of anilines is 1. The fraction of sp³-hybridized carbons (Fsp3) is 0.118. The Morgan fingerprint density at radius 3 is 2.64 bits per heavy atom. The summed E-state index contributed by atoms with van der Waals surface area (Å²) in [6, 6.07) is 18.4. The molecule has 6 rings (SSSR count). The van der Waals surface area contributed by atoms with Crippen LogP contribution in [0.25, 0.3) is 39.3 Å². The third kappa shape index (κ3) is 6.14. The highest BCUT2D eigenvalue weighted by Gasteiger charge is 2.19. The van der Waals surface area contributed by atoms with Crippen molar-refractivity contribution < 1.29 is 0 Å². The van der Waals surface area contributed by atoms with Gasteiger partial charge in [0.1, 0.15) is 5.69 Å².